The number of nitrogens with zero attached hydrogens (tertiary/aromatic N) is 2. The van der Waals surface area contributed by atoms with Gasteiger partial charge in [0, 0.05) is 11.4 Å². The quantitative estimate of drug-likeness (QED) is 0.741. The van der Waals surface area contributed by atoms with Gasteiger partial charge in [-0.25, -0.2) is 13.5 Å². The molecule has 0 spiro atoms. The van der Waals surface area contributed by atoms with Gasteiger partial charge in [-0.3, -0.25) is 4.79 Å². The first-order valence-corrected chi connectivity index (χ1v) is 8.80. The Morgan fingerprint density at radius 2 is 1.78 bits per heavy atom. The van der Waals surface area contributed by atoms with Crippen molar-refractivity contribution in [3.8, 4) is 5.69 Å². The number of amides is 1. The fourth-order valence-corrected chi connectivity index (χ4v) is 3.42. The molecular formula is C21H19F2N3O. The molecule has 4 rings (SSSR count). The van der Waals surface area contributed by atoms with Crippen LogP contribution in [0.4, 0.5) is 14.5 Å². The Bertz CT molecular complexity index is 1020. The van der Waals surface area contributed by atoms with Crippen LogP contribution in [0.1, 0.15) is 29.8 Å². The third kappa shape index (κ3) is 3.12. The summed E-state index contributed by atoms with van der Waals surface area (Å²) in [7, 11) is 0. The van der Waals surface area contributed by atoms with Crippen molar-refractivity contribution < 1.29 is 13.6 Å². The summed E-state index contributed by atoms with van der Waals surface area (Å²) in [4.78, 5) is 12.8. The monoisotopic (exact) mass is 367 g/mol. The van der Waals surface area contributed by atoms with Crippen LogP contribution in [0.15, 0.2) is 48.5 Å². The number of carbonyl (C=O) groups is 1. The number of aromatic nitrogens is 2. The molecule has 1 aromatic heterocycles. The van der Waals surface area contributed by atoms with Gasteiger partial charge < -0.3 is 5.32 Å². The molecule has 0 radical (unpaired) electrons. The van der Waals surface area contributed by atoms with Gasteiger partial charge in [0.2, 0.25) is 5.91 Å². The third-order valence-electron chi connectivity index (χ3n) is 5.02. The number of rotatable bonds is 4. The first kappa shape index (κ1) is 17.4. The lowest BCUT2D eigenvalue weighted by Gasteiger charge is -2.16. The van der Waals surface area contributed by atoms with Gasteiger partial charge >= 0.3 is 0 Å². The zero-order valence-corrected chi connectivity index (χ0v) is 15.1. The third-order valence-corrected chi connectivity index (χ3v) is 5.02. The Labute approximate surface area is 155 Å². The first-order chi connectivity index (χ1) is 12.9. The summed E-state index contributed by atoms with van der Waals surface area (Å²) in [5.41, 5.74) is 2.48. The van der Waals surface area contributed by atoms with Gasteiger partial charge in [-0.05, 0) is 68.7 Å². The molecule has 1 N–H and O–H groups in total. The van der Waals surface area contributed by atoms with Gasteiger partial charge in [-0.2, -0.15) is 5.10 Å². The maximum atomic E-state index is 14.6. The maximum absolute atomic E-state index is 14.6. The number of aryl methyl sites for hydroxylation is 2. The van der Waals surface area contributed by atoms with Crippen molar-refractivity contribution >= 4 is 11.6 Å². The van der Waals surface area contributed by atoms with Gasteiger partial charge in [0.15, 0.2) is 5.82 Å². The van der Waals surface area contributed by atoms with Crippen LogP contribution in [-0.4, -0.2) is 15.7 Å². The first-order valence-electron chi connectivity index (χ1n) is 8.80. The standard InChI is InChI=1S/C21H19F2N3O/c1-13-11-14(2)26(25-13)19-8-7-17(12-18(19)23)24-20(27)21(9-10-21)15-3-5-16(22)6-4-15/h3-8,11-12H,9-10H2,1-2H3,(H,24,27). The molecular weight excluding hydrogens is 348 g/mol. The van der Waals surface area contributed by atoms with Crippen molar-refractivity contribution in [2.75, 3.05) is 5.32 Å². The lowest BCUT2D eigenvalue weighted by Crippen LogP contribution is -2.27. The predicted octanol–water partition coefficient (Wildman–Crippen LogP) is 4.44. The smallest absolute Gasteiger partial charge is 0.235 e. The SMILES string of the molecule is Cc1cc(C)n(-c2ccc(NC(=O)C3(c4ccc(F)cc4)CC3)cc2F)n1. The van der Waals surface area contributed by atoms with Crippen LogP contribution < -0.4 is 5.32 Å². The fraction of sp³-hybridized carbons (Fsp3) is 0.238. The Balaban J connectivity index is 1.56. The van der Waals surface area contributed by atoms with Crippen LogP contribution in [0.5, 0.6) is 0 Å². The van der Waals surface area contributed by atoms with Crippen molar-refractivity contribution in [2.45, 2.75) is 32.1 Å². The van der Waals surface area contributed by atoms with E-state index in [1.165, 1.54) is 22.9 Å². The van der Waals surface area contributed by atoms with E-state index < -0.39 is 11.2 Å². The van der Waals surface area contributed by atoms with Gasteiger partial charge in [-0.1, -0.05) is 12.1 Å². The van der Waals surface area contributed by atoms with E-state index in [1.54, 1.807) is 24.3 Å². The molecule has 0 aliphatic heterocycles. The number of nitrogens with one attached hydrogen (secondary N) is 1. The van der Waals surface area contributed by atoms with Crippen LogP contribution in [0.2, 0.25) is 0 Å². The largest absolute Gasteiger partial charge is 0.325 e. The van der Waals surface area contributed by atoms with Gasteiger partial charge in [0.25, 0.3) is 0 Å². The van der Waals surface area contributed by atoms with E-state index in [9.17, 15) is 13.6 Å². The molecule has 1 heterocycles. The van der Waals surface area contributed by atoms with Crippen molar-refractivity contribution in [3.05, 3.63) is 77.1 Å². The molecule has 0 atom stereocenters. The highest BCUT2D eigenvalue weighted by Gasteiger charge is 2.51. The zero-order valence-electron chi connectivity index (χ0n) is 15.1. The fourth-order valence-electron chi connectivity index (χ4n) is 3.42. The van der Waals surface area contributed by atoms with Crippen LogP contribution in [0.3, 0.4) is 0 Å². The summed E-state index contributed by atoms with van der Waals surface area (Å²) >= 11 is 0. The summed E-state index contributed by atoms with van der Waals surface area (Å²) in [6, 6.07) is 12.4. The Morgan fingerprint density at radius 3 is 2.33 bits per heavy atom. The highest BCUT2D eigenvalue weighted by molar-refractivity contribution is 6.01. The van der Waals surface area contributed by atoms with Crippen LogP contribution in [-0.2, 0) is 10.2 Å². The second kappa shape index (κ2) is 6.30. The molecule has 0 bridgehead atoms. The number of anilines is 1. The molecule has 2 aromatic carbocycles. The van der Waals surface area contributed by atoms with E-state index in [0.717, 1.165) is 17.0 Å². The number of benzene rings is 2. The van der Waals surface area contributed by atoms with E-state index in [-0.39, 0.29) is 11.7 Å². The molecule has 1 aliphatic rings. The number of hydrogen-bond acceptors (Lipinski definition) is 2. The number of halogens is 2. The molecule has 6 heteroatoms. The normalized spacial score (nSPS) is 14.8. The van der Waals surface area contributed by atoms with Gasteiger partial charge in [-0.15, -0.1) is 0 Å². The maximum Gasteiger partial charge on any atom is 0.235 e. The highest BCUT2D eigenvalue weighted by Crippen LogP contribution is 2.49. The Morgan fingerprint density at radius 1 is 1.07 bits per heavy atom. The van der Waals surface area contributed by atoms with Gasteiger partial charge in [0.1, 0.15) is 11.5 Å². The van der Waals surface area contributed by atoms with Crippen molar-refractivity contribution in [3.63, 3.8) is 0 Å². The molecule has 0 saturated heterocycles. The van der Waals surface area contributed by atoms with Crippen molar-refractivity contribution in [2.24, 2.45) is 0 Å². The second-order valence-electron chi connectivity index (χ2n) is 7.05. The average molecular weight is 367 g/mol. The molecule has 27 heavy (non-hydrogen) atoms. The summed E-state index contributed by atoms with van der Waals surface area (Å²) in [6.07, 6.45) is 1.38. The lowest BCUT2D eigenvalue weighted by molar-refractivity contribution is -0.118. The summed E-state index contributed by atoms with van der Waals surface area (Å²) in [5.74, 6) is -1.00. The average Bonchev–Trinajstić information content (AvgIpc) is 3.36. The summed E-state index contributed by atoms with van der Waals surface area (Å²) in [6.45, 7) is 3.70. The van der Waals surface area contributed by atoms with Crippen LogP contribution in [0, 0.1) is 25.5 Å². The minimum Gasteiger partial charge on any atom is -0.325 e. The molecule has 1 amide bonds. The topological polar surface area (TPSA) is 46.9 Å². The molecule has 138 valence electrons. The molecule has 3 aromatic rings. The minimum atomic E-state index is -0.654. The summed E-state index contributed by atoms with van der Waals surface area (Å²) in [5, 5.41) is 7.08. The van der Waals surface area contributed by atoms with E-state index >= 15 is 0 Å². The molecule has 1 saturated carbocycles. The van der Waals surface area contributed by atoms with E-state index in [4.69, 9.17) is 0 Å². The molecule has 0 unspecified atom stereocenters. The van der Waals surface area contributed by atoms with Crippen LogP contribution >= 0.6 is 0 Å². The number of hydrogen-bond donors (Lipinski definition) is 1. The predicted molar refractivity (Wildman–Crippen MR) is 98.9 cm³/mol. The van der Waals surface area contributed by atoms with Gasteiger partial charge in [0.05, 0.1) is 11.1 Å². The zero-order chi connectivity index (χ0) is 19.2. The molecule has 4 nitrogen and oxygen atoms in total. The lowest BCUT2D eigenvalue weighted by atomic mass is 9.95. The Kier molecular flexibility index (Phi) is 4.06. The minimum absolute atomic E-state index is 0.202. The van der Waals surface area contributed by atoms with Crippen LogP contribution in [0.25, 0.3) is 5.69 Å². The second-order valence-corrected chi connectivity index (χ2v) is 7.05. The molecule has 1 fully saturated rings. The van der Waals surface area contributed by atoms with E-state index in [1.807, 2.05) is 19.9 Å². The number of carbonyl (C=O) groups excluding carboxylic acids is 1. The Hall–Kier alpha value is -3.02. The summed E-state index contributed by atoms with van der Waals surface area (Å²) < 4.78 is 29.3. The van der Waals surface area contributed by atoms with E-state index in [2.05, 4.69) is 10.4 Å². The van der Waals surface area contributed by atoms with E-state index in [0.29, 0.717) is 24.2 Å². The van der Waals surface area contributed by atoms with Crippen molar-refractivity contribution in [1.82, 2.24) is 9.78 Å². The molecule has 1 aliphatic carbocycles. The van der Waals surface area contributed by atoms with Crippen molar-refractivity contribution in [1.29, 1.82) is 0 Å². The highest BCUT2D eigenvalue weighted by atomic mass is 19.1.